The maximum absolute atomic E-state index is 3.49. The summed E-state index contributed by atoms with van der Waals surface area (Å²) >= 11 is 8.71. The summed E-state index contributed by atoms with van der Waals surface area (Å²) in [6.45, 7) is 0.860. The molecule has 0 saturated heterocycles. The first kappa shape index (κ1) is 11.2. The second kappa shape index (κ2) is 5.14. The number of para-hydroxylation sites is 1. The molecule has 2 rings (SSSR count). The highest BCUT2D eigenvalue weighted by atomic mass is 79.9. The van der Waals surface area contributed by atoms with Crippen molar-refractivity contribution in [1.82, 2.24) is 0 Å². The SMILES string of the molecule is Brc1cc(CNc2ccccc2)sc1Br. The highest BCUT2D eigenvalue weighted by Crippen LogP contribution is 2.32. The molecule has 0 aliphatic heterocycles. The summed E-state index contributed by atoms with van der Waals surface area (Å²) < 4.78 is 2.27. The van der Waals surface area contributed by atoms with Gasteiger partial charge in [-0.1, -0.05) is 18.2 Å². The van der Waals surface area contributed by atoms with Crippen LogP contribution >= 0.6 is 43.2 Å². The lowest BCUT2D eigenvalue weighted by atomic mass is 10.3. The third-order valence-electron chi connectivity index (χ3n) is 1.94. The first-order valence-corrected chi connectivity index (χ1v) is 6.88. The predicted octanol–water partition coefficient (Wildman–Crippen LogP) is 4.89. The van der Waals surface area contributed by atoms with Crippen LogP contribution in [-0.4, -0.2) is 0 Å². The van der Waals surface area contributed by atoms with E-state index in [-0.39, 0.29) is 0 Å². The summed E-state index contributed by atoms with van der Waals surface area (Å²) in [7, 11) is 0. The average Bonchev–Trinajstić information content (AvgIpc) is 2.57. The summed E-state index contributed by atoms with van der Waals surface area (Å²) in [6.07, 6.45) is 0. The van der Waals surface area contributed by atoms with Crippen molar-refractivity contribution in [2.75, 3.05) is 5.32 Å². The number of thiophene rings is 1. The lowest BCUT2D eigenvalue weighted by molar-refractivity contribution is 1.19. The minimum Gasteiger partial charge on any atom is -0.380 e. The zero-order valence-corrected chi connectivity index (χ0v) is 11.8. The van der Waals surface area contributed by atoms with Gasteiger partial charge in [0.1, 0.15) is 0 Å². The van der Waals surface area contributed by atoms with Crippen molar-refractivity contribution in [3.05, 3.63) is 49.5 Å². The van der Waals surface area contributed by atoms with Gasteiger partial charge in [0.15, 0.2) is 0 Å². The van der Waals surface area contributed by atoms with Crippen LogP contribution in [0, 0.1) is 0 Å². The minimum atomic E-state index is 0.860. The normalized spacial score (nSPS) is 10.3. The number of nitrogens with one attached hydrogen (secondary N) is 1. The number of hydrogen-bond donors (Lipinski definition) is 1. The molecule has 0 saturated carbocycles. The standard InChI is InChI=1S/C11H9Br2NS/c12-10-6-9(15-11(10)13)7-14-8-4-2-1-3-5-8/h1-6,14H,7H2. The molecule has 2 aromatic rings. The fourth-order valence-corrected chi connectivity index (χ4v) is 3.34. The topological polar surface area (TPSA) is 12.0 Å². The average molecular weight is 347 g/mol. The van der Waals surface area contributed by atoms with E-state index in [2.05, 4.69) is 55.4 Å². The second-order valence-corrected chi connectivity index (χ2v) is 6.36. The summed E-state index contributed by atoms with van der Waals surface area (Å²) in [5, 5.41) is 3.37. The largest absolute Gasteiger partial charge is 0.380 e. The molecule has 15 heavy (non-hydrogen) atoms. The number of hydrogen-bond acceptors (Lipinski definition) is 2. The van der Waals surface area contributed by atoms with Gasteiger partial charge in [0, 0.05) is 21.6 Å². The molecule has 0 radical (unpaired) electrons. The van der Waals surface area contributed by atoms with E-state index in [1.807, 2.05) is 18.2 Å². The van der Waals surface area contributed by atoms with Crippen LogP contribution < -0.4 is 5.32 Å². The van der Waals surface area contributed by atoms with Gasteiger partial charge >= 0.3 is 0 Å². The second-order valence-electron chi connectivity index (χ2n) is 3.05. The van der Waals surface area contributed by atoms with Crippen LogP contribution in [0.2, 0.25) is 0 Å². The molecular formula is C11H9Br2NS. The van der Waals surface area contributed by atoms with Crippen molar-refractivity contribution in [3.63, 3.8) is 0 Å². The first-order chi connectivity index (χ1) is 7.25. The quantitative estimate of drug-likeness (QED) is 0.834. The Bertz CT molecular complexity index is 420. The van der Waals surface area contributed by atoms with Crippen molar-refractivity contribution in [1.29, 1.82) is 0 Å². The van der Waals surface area contributed by atoms with Crippen molar-refractivity contribution in [2.45, 2.75) is 6.54 Å². The minimum absolute atomic E-state index is 0.860. The van der Waals surface area contributed by atoms with E-state index in [0.29, 0.717) is 0 Å². The van der Waals surface area contributed by atoms with E-state index < -0.39 is 0 Å². The lowest BCUT2D eigenvalue weighted by Crippen LogP contribution is -1.96. The Morgan fingerprint density at radius 1 is 1.13 bits per heavy atom. The van der Waals surface area contributed by atoms with Gasteiger partial charge in [-0.3, -0.25) is 0 Å². The smallest absolute Gasteiger partial charge is 0.0843 e. The van der Waals surface area contributed by atoms with Gasteiger partial charge in [0.25, 0.3) is 0 Å². The molecule has 0 aliphatic carbocycles. The molecule has 1 aromatic heterocycles. The predicted molar refractivity (Wildman–Crippen MR) is 73.5 cm³/mol. The van der Waals surface area contributed by atoms with Gasteiger partial charge in [-0.2, -0.15) is 0 Å². The molecule has 0 spiro atoms. The van der Waals surface area contributed by atoms with Crippen molar-refractivity contribution in [2.24, 2.45) is 0 Å². The van der Waals surface area contributed by atoms with Gasteiger partial charge in [0.05, 0.1) is 3.79 Å². The van der Waals surface area contributed by atoms with Gasteiger partial charge in [-0.15, -0.1) is 11.3 Å². The van der Waals surface area contributed by atoms with E-state index in [9.17, 15) is 0 Å². The highest BCUT2D eigenvalue weighted by Gasteiger charge is 2.03. The van der Waals surface area contributed by atoms with E-state index >= 15 is 0 Å². The Kier molecular flexibility index (Phi) is 3.83. The van der Waals surface area contributed by atoms with Crippen LogP contribution in [0.3, 0.4) is 0 Å². The molecule has 1 nitrogen and oxygen atoms in total. The fourth-order valence-electron chi connectivity index (χ4n) is 1.22. The lowest BCUT2D eigenvalue weighted by Gasteiger charge is -2.03. The number of halogens is 2. The molecule has 1 heterocycles. The van der Waals surface area contributed by atoms with Crippen molar-refractivity contribution >= 4 is 48.9 Å². The van der Waals surface area contributed by atoms with Crippen molar-refractivity contribution < 1.29 is 0 Å². The van der Waals surface area contributed by atoms with Crippen LogP contribution in [0.4, 0.5) is 5.69 Å². The Morgan fingerprint density at radius 3 is 2.47 bits per heavy atom. The van der Waals surface area contributed by atoms with Crippen molar-refractivity contribution in [3.8, 4) is 0 Å². The van der Waals surface area contributed by atoms with Gasteiger partial charge in [-0.05, 0) is 50.1 Å². The summed E-state index contributed by atoms with van der Waals surface area (Å²) in [4.78, 5) is 1.30. The molecule has 0 aliphatic rings. The Balaban J connectivity index is 1.99. The number of benzene rings is 1. The van der Waals surface area contributed by atoms with Gasteiger partial charge < -0.3 is 5.32 Å². The molecule has 4 heteroatoms. The fraction of sp³-hybridized carbons (Fsp3) is 0.0909. The Hall–Kier alpha value is -0.320. The molecule has 1 N–H and O–H groups in total. The maximum Gasteiger partial charge on any atom is 0.0843 e. The molecule has 0 unspecified atom stereocenters. The Morgan fingerprint density at radius 2 is 1.87 bits per heavy atom. The third-order valence-corrected chi connectivity index (χ3v) is 5.19. The summed E-state index contributed by atoms with van der Waals surface area (Å²) in [6, 6.07) is 12.3. The highest BCUT2D eigenvalue weighted by molar-refractivity contribution is 9.13. The molecule has 0 atom stereocenters. The molecule has 1 aromatic carbocycles. The van der Waals surface area contributed by atoms with E-state index in [1.165, 1.54) is 4.88 Å². The zero-order valence-electron chi connectivity index (χ0n) is 7.84. The van der Waals surface area contributed by atoms with Crippen LogP contribution in [0.15, 0.2) is 44.7 Å². The van der Waals surface area contributed by atoms with E-state index in [0.717, 1.165) is 20.5 Å². The van der Waals surface area contributed by atoms with Crippen LogP contribution in [0.1, 0.15) is 4.88 Å². The molecule has 0 amide bonds. The van der Waals surface area contributed by atoms with Gasteiger partial charge in [-0.25, -0.2) is 0 Å². The maximum atomic E-state index is 3.49. The molecule has 0 fully saturated rings. The van der Waals surface area contributed by atoms with Crippen LogP contribution in [-0.2, 0) is 6.54 Å². The monoisotopic (exact) mass is 345 g/mol. The molecule has 78 valence electrons. The van der Waals surface area contributed by atoms with Gasteiger partial charge in [0.2, 0.25) is 0 Å². The first-order valence-electron chi connectivity index (χ1n) is 4.48. The third kappa shape index (κ3) is 3.06. The Labute approximate surface area is 110 Å². The number of anilines is 1. The van der Waals surface area contributed by atoms with E-state index in [4.69, 9.17) is 0 Å². The van der Waals surface area contributed by atoms with Crippen LogP contribution in [0.5, 0.6) is 0 Å². The van der Waals surface area contributed by atoms with Crippen LogP contribution in [0.25, 0.3) is 0 Å². The summed E-state index contributed by atoms with van der Waals surface area (Å²) in [5.41, 5.74) is 1.15. The summed E-state index contributed by atoms with van der Waals surface area (Å²) in [5.74, 6) is 0. The molecular weight excluding hydrogens is 338 g/mol. The van der Waals surface area contributed by atoms with E-state index in [1.54, 1.807) is 11.3 Å². The number of rotatable bonds is 3. The zero-order chi connectivity index (χ0) is 10.7. The molecule has 0 bridgehead atoms.